The van der Waals surface area contributed by atoms with Crippen molar-refractivity contribution in [1.82, 2.24) is 15.5 Å². The van der Waals surface area contributed by atoms with Gasteiger partial charge in [-0.25, -0.2) is 0 Å². The molecular formula is C20H29N3O4. The Morgan fingerprint density at radius 1 is 1.19 bits per heavy atom. The molecule has 2 rings (SSSR count). The molecule has 148 valence electrons. The number of benzene rings is 1. The monoisotopic (exact) mass is 375 g/mol. The highest BCUT2D eigenvalue weighted by atomic mass is 16.5. The molecule has 2 N–H and O–H groups in total. The summed E-state index contributed by atoms with van der Waals surface area (Å²) in [6.45, 7) is 8.90. The molecule has 1 unspecified atom stereocenters. The van der Waals surface area contributed by atoms with E-state index in [0.717, 1.165) is 5.56 Å². The topological polar surface area (TPSA) is 87.7 Å². The van der Waals surface area contributed by atoms with E-state index in [1.807, 2.05) is 45.9 Å². The first-order valence-corrected chi connectivity index (χ1v) is 9.32. The lowest BCUT2D eigenvalue weighted by molar-refractivity contribution is -0.129. The molecule has 0 aromatic heterocycles. The number of hydrogen-bond acceptors (Lipinski definition) is 4. The standard InChI is InChI=1S/C20H29N3O4/c1-13(2)23-11-16(10-19(23)25)20(26)22-8-7-21-18(24)12-27-17-6-5-14(3)15(4)9-17/h5-6,9,13,16H,7-8,10-12H2,1-4H3,(H,21,24)(H,22,26). The molecule has 0 spiro atoms. The first-order chi connectivity index (χ1) is 12.8. The zero-order chi connectivity index (χ0) is 20.0. The summed E-state index contributed by atoms with van der Waals surface area (Å²) >= 11 is 0. The van der Waals surface area contributed by atoms with E-state index in [0.29, 0.717) is 25.4 Å². The molecule has 7 heteroatoms. The Labute approximate surface area is 160 Å². The van der Waals surface area contributed by atoms with E-state index in [9.17, 15) is 14.4 Å². The molecule has 1 fully saturated rings. The quantitative estimate of drug-likeness (QED) is 0.668. The van der Waals surface area contributed by atoms with Crippen LogP contribution in [0.2, 0.25) is 0 Å². The third kappa shape index (κ3) is 5.98. The van der Waals surface area contributed by atoms with Gasteiger partial charge in [0.05, 0.1) is 5.92 Å². The number of likely N-dealkylation sites (tertiary alicyclic amines) is 1. The third-order valence-electron chi connectivity index (χ3n) is 4.75. The van der Waals surface area contributed by atoms with Crippen LogP contribution in [0.15, 0.2) is 18.2 Å². The average molecular weight is 375 g/mol. The number of ether oxygens (including phenoxy) is 1. The summed E-state index contributed by atoms with van der Waals surface area (Å²) in [5, 5.41) is 5.48. The molecule has 1 saturated heterocycles. The summed E-state index contributed by atoms with van der Waals surface area (Å²) in [5.41, 5.74) is 2.28. The summed E-state index contributed by atoms with van der Waals surface area (Å²) in [6, 6.07) is 5.78. The molecule has 0 bridgehead atoms. The maximum atomic E-state index is 12.1. The highest BCUT2D eigenvalue weighted by Gasteiger charge is 2.35. The predicted octanol–water partition coefficient (Wildman–Crippen LogP) is 1.17. The SMILES string of the molecule is Cc1ccc(OCC(=O)NCCNC(=O)C2CC(=O)N(C(C)C)C2)cc1C. The number of amides is 3. The van der Waals surface area contributed by atoms with E-state index in [1.54, 1.807) is 4.90 Å². The second-order valence-electron chi connectivity index (χ2n) is 7.22. The van der Waals surface area contributed by atoms with Crippen LogP contribution in [0, 0.1) is 19.8 Å². The molecular weight excluding hydrogens is 346 g/mol. The Morgan fingerprint density at radius 2 is 1.89 bits per heavy atom. The average Bonchev–Trinajstić information content (AvgIpc) is 3.01. The Kier molecular flexibility index (Phi) is 7.21. The van der Waals surface area contributed by atoms with Crippen LogP contribution in [0.4, 0.5) is 0 Å². The minimum absolute atomic E-state index is 0.0157. The van der Waals surface area contributed by atoms with Crippen molar-refractivity contribution in [2.45, 2.75) is 40.2 Å². The summed E-state index contributed by atoms with van der Waals surface area (Å²) in [7, 11) is 0. The molecule has 1 atom stereocenters. The summed E-state index contributed by atoms with van der Waals surface area (Å²) in [4.78, 5) is 37.5. The van der Waals surface area contributed by atoms with Crippen LogP contribution in [-0.4, -0.2) is 54.9 Å². The third-order valence-corrected chi connectivity index (χ3v) is 4.75. The number of rotatable bonds is 8. The van der Waals surface area contributed by atoms with Gasteiger partial charge < -0.3 is 20.3 Å². The van der Waals surface area contributed by atoms with Crippen LogP contribution >= 0.6 is 0 Å². The first kappa shape index (κ1) is 20.7. The van der Waals surface area contributed by atoms with Crippen molar-refractivity contribution < 1.29 is 19.1 Å². The molecule has 27 heavy (non-hydrogen) atoms. The molecule has 1 aliphatic rings. The fourth-order valence-corrected chi connectivity index (χ4v) is 2.94. The molecule has 1 aliphatic heterocycles. The van der Waals surface area contributed by atoms with Crippen molar-refractivity contribution in [3.63, 3.8) is 0 Å². The van der Waals surface area contributed by atoms with Gasteiger partial charge in [-0.2, -0.15) is 0 Å². The molecule has 0 saturated carbocycles. The van der Waals surface area contributed by atoms with Crippen molar-refractivity contribution in [3.8, 4) is 5.75 Å². The predicted molar refractivity (Wildman–Crippen MR) is 102 cm³/mol. The summed E-state index contributed by atoms with van der Waals surface area (Å²) < 4.78 is 5.47. The van der Waals surface area contributed by atoms with E-state index < -0.39 is 0 Å². The normalized spacial score (nSPS) is 16.6. The van der Waals surface area contributed by atoms with E-state index >= 15 is 0 Å². The molecule has 0 aliphatic carbocycles. The largest absolute Gasteiger partial charge is 0.484 e. The van der Waals surface area contributed by atoms with Gasteiger partial charge in [-0.15, -0.1) is 0 Å². The summed E-state index contributed by atoms with van der Waals surface area (Å²) in [5.74, 6) is -0.0375. The van der Waals surface area contributed by atoms with Crippen LogP contribution in [0.1, 0.15) is 31.4 Å². The minimum atomic E-state index is -0.316. The van der Waals surface area contributed by atoms with Crippen molar-refractivity contribution >= 4 is 17.7 Å². The lowest BCUT2D eigenvalue weighted by atomic mass is 10.1. The van der Waals surface area contributed by atoms with E-state index in [2.05, 4.69) is 10.6 Å². The van der Waals surface area contributed by atoms with Gasteiger partial charge in [-0.1, -0.05) is 6.07 Å². The van der Waals surface area contributed by atoms with Gasteiger partial charge in [0.1, 0.15) is 5.75 Å². The maximum absolute atomic E-state index is 12.1. The lowest BCUT2D eigenvalue weighted by Gasteiger charge is -2.20. The Hall–Kier alpha value is -2.57. The van der Waals surface area contributed by atoms with Crippen LogP contribution < -0.4 is 15.4 Å². The highest BCUT2D eigenvalue weighted by Crippen LogP contribution is 2.20. The second kappa shape index (κ2) is 9.39. The number of hydrogen-bond donors (Lipinski definition) is 2. The molecule has 7 nitrogen and oxygen atoms in total. The first-order valence-electron chi connectivity index (χ1n) is 9.32. The Balaban J connectivity index is 1.63. The van der Waals surface area contributed by atoms with Crippen molar-refractivity contribution in [1.29, 1.82) is 0 Å². The van der Waals surface area contributed by atoms with Gasteiger partial charge in [0.2, 0.25) is 11.8 Å². The number of carbonyl (C=O) groups excluding carboxylic acids is 3. The van der Waals surface area contributed by atoms with Crippen molar-refractivity contribution in [2.24, 2.45) is 5.92 Å². The Bertz CT molecular complexity index is 702. The zero-order valence-corrected chi connectivity index (χ0v) is 16.5. The molecule has 0 radical (unpaired) electrons. The van der Waals surface area contributed by atoms with Crippen LogP contribution in [0.3, 0.4) is 0 Å². The fourth-order valence-electron chi connectivity index (χ4n) is 2.94. The minimum Gasteiger partial charge on any atom is -0.484 e. The number of carbonyl (C=O) groups is 3. The van der Waals surface area contributed by atoms with Crippen LogP contribution in [0.5, 0.6) is 5.75 Å². The van der Waals surface area contributed by atoms with Crippen molar-refractivity contribution in [3.05, 3.63) is 29.3 Å². The van der Waals surface area contributed by atoms with Crippen molar-refractivity contribution in [2.75, 3.05) is 26.2 Å². The fraction of sp³-hybridized carbons (Fsp3) is 0.550. The van der Waals surface area contributed by atoms with E-state index in [4.69, 9.17) is 4.74 Å². The molecule has 1 heterocycles. The van der Waals surface area contributed by atoms with Crippen LogP contribution in [-0.2, 0) is 14.4 Å². The summed E-state index contributed by atoms with van der Waals surface area (Å²) in [6.07, 6.45) is 0.250. The van der Waals surface area contributed by atoms with Gasteiger partial charge in [0, 0.05) is 32.1 Å². The van der Waals surface area contributed by atoms with Crippen LogP contribution in [0.25, 0.3) is 0 Å². The zero-order valence-electron chi connectivity index (χ0n) is 16.5. The van der Waals surface area contributed by atoms with Gasteiger partial charge in [-0.05, 0) is 51.0 Å². The lowest BCUT2D eigenvalue weighted by Crippen LogP contribution is -2.40. The highest BCUT2D eigenvalue weighted by molar-refractivity contribution is 5.89. The van der Waals surface area contributed by atoms with Gasteiger partial charge >= 0.3 is 0 Å². The van der Waals surface area contributed by atoms with E-state index in [-0.39, 0.29) is 42.7 Å². The van der Waals surface area contributed by atoms with E-state index in [1.165, 1.54) is 5.56 Å². The second-order valence-corrected chi connectivity index (χ2v) is 7.22. The maximum Gasteiger partial charge on any atom is 0.258 e. The number of nitrogens with one attached hydrogen (secondary N) is 2. The van der Waals surface area contributed by atoms with Gasteiger partial charge in [0.25, 0.3) is 5.91 Å². The number of nitrogens with zero attached hydrogens (tertiary/aromatic N) is 1. The Morgan fingerprint density at radius 3 is 2.52 bits per heavy atom. The smallest absolute Gasteiger partial charge is 0.258 e. The molecule has 3 amide bonds. The number of aryl methyl sites for hydroxylation is 2. The van der Waals surface area contributed by atoms with Gasteiger partial charge in [-0.3, -0.25) is 14.4 Å². The molecule has 1 aromatic rings. The molecule has 1 aromatic carbocycles. The van der Waals surface area contributed by atoms with Gasteiger partial charge in [0.15, 0.2) is 6.61 Å².